The molecule has 2 aromatic carbocycles. The topological polar surface area (TPSA) is 97.2 Å². The van der Waals surface area contributed by atoms with Crippen LogP contribution in [0.3, 0.4) is 0 Å². The summed E-state index contributed by atoms with van der Waals surface area (Å²) in [5, 5.41) is 6.28. The van der Waals surface area contributed by atoms with Gasteiger partial charge in [-0.15, -0.1) is 0 Å². The quantitative estimate of drug-likeness (QED) is 0.292. The number of carbonyl (C=O) groups is 1. The minimum atomic E-state index is -0.251. The highest BCUT2D eigenvalue weighted by atomic mass is 16.5. The molecule has 9 heteroatoms. The number of nitrogens with one attached hydrogen (secondary N) is 2. The second-order valence-electron chi connectivity index (χ2n) is 9.05. The van der Waals surface area contributed by atoms with Crippen molar-refractivity contribution in [1.29, 1.82) is 0 Å². The van der Waals surface area contributed by atoms with Gasteiger partial charge >= 0.3 is 0 Å². The minimum absolute atomic E-state index is 0.251. The van der Waals surface area contributed by atoms with Gasteiger partial charge in [-0.2, -0.15) is 0 Å². The summed E-state index contributed by atoms with van der Waals surface area (Å²) < 4.78 is 8.05. The number of amides is 1. The normalized spacial score (nSPS) is 10.8. The summed E-state index contributed by atoms with van der Waals surface area (Å²) in [6, 6.07) is 21.1. The number of imidazole rings is 1. The molecule has 192 valence electrons. The van der Waals surface area contributed by atoms with Crippen LogP contribution in [0.5, 0.6) is 11.5 Å². The highest BCUT2D eigenvalue weighted by Crippen LogP contribution is 2.28. The van der Waals surface area contributed by atoms with E-state index in [0.717, 1.165) is 33.9 Å². The van der Waals surface area contributed by atoms with Crippen LogP contribution in [0.25, 0.3) is 11.0 Å². The maximum atomic E-state index is 12.6. The fourth-order valence-corrected chi connectivity index (χ4v) is 4.02. The summed E-state index contributed by atoms with van der Waals surface area (Å²) >= 11 is 0. The van der Waals surface area contributed by atoms with Gasteiger partial charge in [0.05, 0.1) is 11.0 Å². The number of aromatic nitrogens is 4. The SMILES string of the molecule is CN(C)c1ccc(Nc2nc3cc(Oc4ccnc(C(=O)NCCc5ccncc5)c4)ccc3n2C)cc1. The Balaban J connectivity index is 1.25. The van der Waals surface area contributed by atoms with Gasteiger partial charge in [0.1, 0.15) is 17.2 Å². The van der Waals surface area contributed by atoms with Crippen molar-refractivity contribution in [1.82, 2.24) is 24.8 Å². The maximum absolute atomic E-state index is 12.6. The molecule has 0 fully saturated rings. The van der Waals surface area contributed by atoms with Gasteiger partial charge in [-0.25, -0.2) is 4.98 Å². The Morgan fingerprint density at radius 1 is 0.947 bits per heavy atom. The van der Waals surface area contributed by atoms with Crippen molar-refractivity contribution in [2.75, 3.05) is 30.9 Å². The first-order valence-electron chi connectivity index (χ1n) is 12.3. The third-order valence-corrected chi connectivity index (χ3v) is 6.14. The van der Waals surface area contributed by atoms with Crippen molar-refractivity contribution >= 4 is 34.3 Å². The predicted octanol–water partition coefficient (Wildman–Crippen LogP) is 4.94. The lowest BCUT2D eigenvalue weighted by molar-refractivity contribution is 0.0949. The molecule has 0 unspecified atom stereocenters. The Labute approximate surface area is 221 Å². The number of fused-ring (bicyclic) bond motifs is 1. The van der Waals surface area contributed by atoms with Gasteiger partial charge in [-0.1, -0.05) is 0 Å². The highest BCUT2D eigenvalue weighted by Gasteiger charge is 2.12. The number of hydrogen-bond donors (Lipinski definition) is 2. The lowest BCUT2D eigenvalue weighted by Crippen LogP contribution is -2.26. The maximum Gasteiger partial charge on any atom is 0.270 e. The molecule has 0 aliphatic rings. The zero-order valence-electron chi connectivity index (χ0n) is 21.5. The molecule has 0 atom stereocenters. The molecule has 0 radical (unpaired) electrons. The Morgan fingerprint density at radius 2 is 1.71 bits per heavy atom. The van der Waals surface area contributed by atoms with E-state index in [1.807, 2.05) is 68.2 Å². The van der Waals surface area contributed by atoms with Crippen molar-refractivity contribution in [3.05, 3.63) is 96.6 Å². The van der Waals surface area contributed by atoms with E-state index in [0.29, 0.717) is 30.2 Å². The van der Waals surface area contributed by atoms with E-state index < -0.39 is 0 Å². The molecule has 1 amide bonds. The standard InChI is InChI=1S/C29H29N7O2/c1-35(2)22-6-4-21(5-7-22)33-29-34-25-18-23(8-9-27(25)36(29)3)38-24-13-17-31-26(19-24)28(37)32-16-12-20-10-14-30-15-11-20/h4-11,13-15,17-19H,12,16H2,1-3H3,(H,32,37)(H,33,34). The molecule has 0 spiro atoms. The van der Waals surface area contributed by atoms with Gasteiger partial charge in [-0.3, -0.25) is 14.8 Å². The van der Waals surface area contributed by atoms with Crippen LogP contribution in [0.4, 0.5) is 17.3 Å². The van der Waals surface area contributed by atoms with Crippen LogP contribution < -0.4 is 20.3 Å². The molecule has 0 saturated heterocycles. The Hall–Kier alpha value is -4.92. The van der Waals surface area contributed by atoms with Crippen LogP contribution >= 0.6 is 0 Å². The van der Waals surface area contributed by atoms with E-state index in [9.17, 15) is 4.79 Å². The van der Waals surface area contributed by atoms with Crippen molar-refractivity contribution in [3.8, 4) is 11.5 Å². The molecule has 0 bridgehead atoms. The minimum Gasteiger partial charge on any atom is -0.457 e. The average molecular weight is 508 g/mol. The van der Waals surface area contributed by atoms with Crippen molar-refractivity contribution < 1.29 is 9.53 Å². The van der Waals surface area contributed by atoms with Crippen molar-refractivity contribution in [2.24, 2.45) is 7.05 Å². The molecule has 2 N–H and O–H groups in total. The van der Waals surface area contributed by atoms with Gasteiger partial charge in [0.15, 0.2) is 0 Å². The smallest absolute Gasteiger partial charge is 0.270 e. The molecule has 0 aliphatic heterocycles. The molecular weight excluding hydrogens is 478 g/mol. The molecule has 5 rings (SSSR count). The van der Waals surface area contributed by atoms with E-state index in [1.54, 1.807) is 30.7 Å². The van der Waals surface area contributed by atoms with Gasteiger partial charge in [0.25, 0.3) is 5.91 Å². The first-order valence-corrected chi connectivity index (χ1v) is 12.3. The number of aryl methyl sites for hydroxylation is 1. The molecule has 38 heavy (non-hydrogen) atoms. The molecule has 5 aromatic rings. The number of pyridine rings is 2. The summed E-state index contributed by atoms with van der Waals surface area (Å²) in [7, 11) is 6.00. The lowest BCUT2D eigenvalue weighted by Gasteiger charge is -2.13. The highest BCUT2D eigenvalue weighted by molar-refractivity contribution is 5.92. The molecule has 3 aromatic heterocycles. The summed E-state index contributed by atoms with van der Waals surface area (Å²) in [5.74, 6) is 1.62. The molecule has 3 heterocycles. The monoisotopic (exact) mass is 507 g/mol. The van der Waals surface area contributed by atoms with Crippen LogP contribution in [0, 0.1) is 0 Å². The molecular formula is C29H29N7O2. The Kier molecular flexibility index (Phi) is 7.17. The molecule has 0 saturated carbocycles. The third-order valence-electron chi connectivity index (χ3n) is 6.14. The zero-order chi connectivity index (χ0) is 26.5. The Morgan fingerprint density at radius 3 is 2.47 bits per heavy atom. The van der Waals surface area contributed by atoms with E-state index in [4.69, 9.17) is 9.72 Å². The second kappa shape index (κ2) is 11.0. The number of hydrogen-bond acceptors (Lipinski definition) is 7. The predicted molar refractivity (Wildman–Crippen MR) is 149 cm³/mol. The van der Waals surface area contributed by atoms with Crippen LogP contribution in [0.1, 0.15) is 16.1 Å². The van der Waals surface area contributed by atoms with Crippen molar-refractivity contribution in [2.45, 2.75) is 6.42 Å². The average Bonchev–Trinajstić information content (AvgIpc) is 3.23. The number of ether oxygens (including phenoxy) is 1. The van der Waals surface area contributed by atoms with E-state index in [2.05, 4.69) is 37.6 Å². The van der Waals surface area contributed by atoms with Crippen LogP contribution in [-0.2, 0) is 13.5 Å². The fraction of sp³-hybridized carbons (Fsp3) is 0.172. The number of rotatable bonds is 9. The first kappa shape index (κ1) is 24.8. The third kappa shape index (κ3) is 5.73. The number of nitrogens with zero attached hydrogens (tertiary/aromatic N) is 5. The van der Waals surface area contributed by atoms with Crippen LogP contribution in [0.15, 0.2) is 85.3 Å². The lowest BCUT2D eigenvalue weighted by atomic mass is 10.2. The van der Waals surface area contributed by atoms with Crippen LogP contribution in [-0.4, -0.2) is 46.1 Å². The first-order chi connectivity index (χ1) is 18.5. The summed E-state index contributed by atoms with van der Waals surface area (Å²) in [6.07, 6.45) is 5.76. The van der Waals surface area contributed by atoms with E-state index in [1.165, 1.54) is 0 Å². The van der Waals surface area contributed by atoms with Gasteiger partial charge in [-0.05, 0) is 66.6 Å². The van der Waals surface area contributed by atoms with Crippen molar-refractivity contribution in [3.63, 3.8) is 0 Å². The number of anilines is 3. The zero-order valence-corrected chi connectivity index (χ0v) is 21.5. The largest absolute Gasteiger partial charge is 0.457 e. The summed E-state index contributed by atoms with van der Waals surface area (Å²) in [4.78, 5) is 27.6. The molecule has 0 aliphatic carbocycles. The second-order valence-corrected chi connectivity index (χ2v) is 9.05. The van der Waals surface area contributed by atoms with Gasteiger partial charge < -0.3 is 24.8 Å². The van der Waals surface area contributed by atoms with E-state index >= 15 is 0 Å². The number of carbonyl (C=O) groups excluding carboxylic acids is 1. The van der Waals surface area contributed by atoms with Crippen LogP contribution in [0.2, 0.25) is 0 Å². The van der Waals surface area contributed by atoms with E-state index in [-0.39, 0.29) is 5.91 Å². The van der Waals surface area contributed by atoms with Gasteiger partial charge in [0.2, 0.25) is 5.95 Å². The summed E-state index contributed by atoms with van der Waals surface area (Å²) in [6.45, 7) is 0.502. The van der Waals surface area contributed by atoms with Gasteiger partial charge in [0, 0.05) is 69.8 Å². The fourth-order valence-electron chi connectivity index (χ4n) is 4.02. The summed E-state index contributed by atoms with van der Waals surface area (Å²) in [5.41, 5.74) is 5.24. The molecule has 9 nitrogen and oxygen atoms in total. The Bertz CT molecular complexity index is 1550. The number of benzene rings is 2.